The molecule has 0 aliphatic rings. The first-order valence-corrected chi connectivity index (χ1v) is 35.2. The number of amides is 1. The third-order valence-corrected chi connectivity index (χ3v) is 15.9. The summed E-state index contributed by atoms with van der Waals surface area (Å²) in [5.74, 6) is -0.549. The van der Waals surface area contributed by atoms with Crippen molar-refractivity contribution in [3.8, 4) is 0 Å². The van der Waals surface area contributed by atoms with Gasteiger partial charge in [0.05, 0.1) is 33.8 Å². The molecule has 0 rings (SSSR count). The molecule has 0 aliphatic carbocycles. The van der Waals surface area contributed by atoms with E-state index in [4.69, 9.17) is 13.8 Å². The number of nitrogens with one attached hydrogen (secondary N) is 1. The number of hydrogen-bond donors (Lipinski definition) is 1. The molecule has 0 aromatic carbocycles. The van der Waals surface area contributed by atoms with Gasteiger partial charge in [0, 0.05) is 12.8 Å². The minimum absolute atomic E-state index is 0.0260. The highest BCUT2D eigenvalue weighted by molar-refractivity contribution is 7.45. The first-order chi connectivity index (χ1) is 38.9. The van der Waals surface area contributed by atoms with Crippen molar-refractivity contribution >= 4 is 19.7 Å². The molecule has 1 N–H and O–H groups in total. The van der Waals surface area contributed by atoms with Crippen LogP contribution in [0.5, 0.6) is 0 Å². The number of phosphoric ester groups is 1. The number of likely N-dealkylation sites (N-methyl/N-ethyl adjacent to an activating group) is 1. The molecule has 0 aliphatic heterocycles. The maximum absolute atomic E-state index is 13.5. The first-order valence-electron chi connectivity index (χ1n) is 33.8. The predicted octanol–water partition coefficient (Wildman–Crippen LogP) is 20.5. The minimum Gasteiger partial charge on any atom is -0.756 e. The van der Waals surface area contributed by atoms with Crippen molar-refractivity contribution < 1.29 is 37.3 Å². The summed E-state index contributed by atoms with van der Waals surface area (Å²) < 4.78 is 30.4. The van der Waals surface area contributed by atoms with Crippen LogP contribution in [-0.2, 0) is 27.9 Å². The van der Waals surface area contributed by atoms with Crippen molar-refractivity contribution in [2.45, 2.75) is 322 Å². The summed E-state index contributed by atoms with van der Waals surface area (Å²) >= 11 is 0. The van der Waals surface area contributed by atoms with Crippen molar-refractivity contribution in [3.05, 3.63) is 72.9 Å². The number of carbonyl (C=O) groups excluding carboxylic acids is 2. The highest BCUT2D eigenvalue weighted by Crippen LogP contribution is 2.38. The Morgan fingerprint density at radius 3 is 1.24 bits per heavy atom. The van der Waals surface area contributed by atoms with Crippen LogP contribution in [0.2, 0.25) is 0 Å². The number of allylic oxidation sites excluding steroid dienone is 11. The zero-order chi connectivity index (χ0) is 58.6. The van der Waals surface area contributed by atoms with Gasteiger partial charge in [-0.25, -0.2) is 0 Å². The molecule has 0 spiro atoms. The third-order valence-electron chi connectivity index (χ3n) is 14.9. The molecule has 3 atom stereocenters. The predicted molar refractivity (Wildman–Crippen MR) is 344 cm³/mol. The number of esters is 1. The SMILES string of the molecule is CCCCC/C=C\C/C=C\C/C=C\CCCCCCCCCCCCCCCCC(=O)OC(/C=C\CCCCCCCCCCCC)C(COP(=O)([O-])OCC[N+](C)(C)C)NC(=O)CCCCCCCC/C=C/C=C/CCCCC. The van der Waals surface area contributed by atoms with Gasteiger partial charge >= 0.3 is 5.97 Å². The van der Waals surface area contributed by atoms with Crippen LogP contribution in [0, 0.1) is 0 Å². The quantitative estimate of drug-likeness (QED) is 0.0161. The molecule has 0 aromatic heterocycles. The fourth-order valence-corrected chi connectivity index (χ4v) is 10.4. The molecule has 80 heavy (non-hydrogen) atoms. The number of unbranched alkanes of at least 4 members (excludes halogenated alkanes) is 36. The van der Waals surface area contributed by atoms with Gasteiger partial charge in [-0.2, -0.15) is 0 Å². The molecule has 0 heterocycles. The van der Waals surface area contributed by atoms with E-state index in [1.165, 1.54) is 173 Å². The molecular formula is C70H129N2O7P. The Balaban J connectivity index is 5.05. The number of phosphoric acid groups is 1. The smallest absolute Gasteiger partial charge is 0.306 e. The second kappa shape index (κ2) is 59.6. The van der Waals surface area contributed by atoms with Gasteiger partial charge in [0.15, 0.2) is 0 Å². The average molecular weight is 1140 g/mol. The van der Waals surface area contributed by atoms with E-state index in [-0.39, 0.29) is 24.9 Å². The summed E-state index contributed by atoms with van der Waals surface area (Å²) in [6.07, 6.45) is 77.3. The Kier molecular flexibility index (Phi) is 57.7. The Morgan fingerprint density at radius 2 is 0.800 bits per heavy atom. The van der Waals surface area contributed by atoms with Gasteiger partial charge < -0.3 is 28.5 Å². The van der Waals surface area contributed by atoms with Crippen LogP contribution in [0.15, 0.2) is 72.9 Å². The number of nitrogens with zero attached hydrogens (tertiary/aromatic N) is 1. The summed E-state index contributed by atoms with van der Waals surface area (Å²) in [6, 6.07) is -0.896. The number of carbonyl (C=O) groups is 2. The number of ether oxygens (including phenoxy) is 1. The average Bonchev–Trinajstić information content (AvgIpc) is 3.43. The van der Waals surface area contributed by atoms with E-state index in [2.05, 4.69) is 86.8 Å². The van der Waals surface area contributed by atoms with Gasteiger partial charge in [0.25, 0.3) is 7.82 Å². The van der Waals surface area contributed by atoms with E-state index in [1.54, 1.807) is 0 Å². The van der Waals surface area contributed by atoms with Crippen LogP contribution in [0.4, 0.5) is 0 Å². The second-order valence-corrected chi connectivity index (χ2v) is 25.4. The normalized spacial score (nSPS) is 14.0. The lowest BCUT2D eigenvalue weighted by Gasteiger charge is -2.30. The van der Waals surface area contributed by atoms with Crippen molar-refractivity contribution in [1.29, 1.82) is 0 Å². The van der Waals surface area contributed by atoms with Gasteiger partial charge in [-0.05, 0) is 96.0 Å². The van der Waals surface area contributed by atoms with Crippen molar-refractivity contribution in [2.75, 3.05) is 40.9 Å². The molecule has 1 amide bonds. The molecule has 9 nitrogen and oxygen atoms in total. The first kappa shape index (κ1) is 77.5. The fourth-order valence-electron chi connectivity index (χ4n) is 9.64. The Hall–Kier alpha value is -2.55. The molecule has 3 unspecified atom stereocenters. The molecule has 0 bridgehead atoms. The standard InChI is InChI=1S/C70H129N2O7P/c1-7-10-13-16-19-22-25-28-30-31-32-33-34-35-36-37-38-39-40-41-43-45-48-51-54-57-60-63-70(74)79-68(61-58-55-52-49-46-27-24-21-18-15-12-9-3)67(66-78-80(75,76)77-65-64-72(4,5)6)71-69(73)62-59-56-53-50-47-44-42-29-26-23-20-17-14-11-8-2/h19-20,22-23,26,28-30,32-33,58,61,67-68H,7-18,21,24-25,27,31,34-57,59-60,62-66H2,1-6H3,(H-,71,73,75,76)/b22-19-,23-20+,29-26+,30-28-,33-32-,61-58-. The van der Waals surface area contributed by atoms with Crippen LogP contribution < -0.4 is 10.2 Å². The summed E-state index contributed by atoms with van der Waals surface area (Å²) in [4.78, 5) is 40.1. The molecule has 0 saturated carbocycles. The summed E-state index contributed by atoms with van der Waals surface area (Å²) in [5, 5.41) is 3.03. The lowest BCUT2D eigenvalue weighted by molar-refractivity contribution is -0.870. The zero-order valence-corrected chi connectivity index (χ0v) is 54.2. The lowest BCUT2D eigenvalue weighted by atomic mass is 10.0. The molecular weight excluding hydrogens is 1010 g/mol. The monoisotopic (exact) mass is 1140 g/mol. The van der Waals surface area contributed by atoms with Gasteiger partial charge in [0.2, 0.25) is 5.91 Å². The zero-order valence-electron chi connectivity index (χ0n) is 53.3. The van der Waals surface area contributed by atoms with Gasteiger partial charge in [-0.3, -0.25) is 14.2 Å². The van der Waals surface area contributed by atoms with Crippen LogP contribution in [0.3, 0.4) is 0 Å². The largest absolute Gasteiger partial charge is 0.756 e. The maximum Gasteiger partial charge on any atom is 0.306 e. The highest BCUT2D eigenvalue weighted by Gasteiger charge is 2.27. The van der Waals surface area contributed by atoms with E-state index in [9.17, 15) is 19.0 Å². The molecule has 0 radical (unpaired) electrons. The second-order valence-electron chi connectivity index (χ2n) is 24.0. The molecule has 10 heteroatoms. The van der Waals surface area contributed by atoms with Gasteiger partial charge in [-0.15, -0.1) is 0 Å². The Bertz CT molecular complexity index is 1600. The number of hydrogen-bond acceptors (Lipinski definition) is 7. The molecule has 466 valence electrons. The number of quaternary nitrogens is 1. The summed E-state index contributed by atoms with van der Waals surface area (Å²) in [7, 11) is 1.18. The van der Waals surface area contributed by atoms with Crippen LogP contribution in [0.25, 0.3) is 0 Å². The fraction of sp³-hybridized carbons (Fsp3) is 0.800. The summed E-state index contributed by atoms with van der Waals surface area (Å²) in [6.45, 7) is 6.80. The van der Waals surface area contributed by atoms with Crippen LogP contribution >= 0.6 is 7.82 Å². The Morgan fingerprint density at radius 1 is 0.450 bits per heavy atom. The van der Waals surface area contributed by atoms with E-state index < -0.39 is 26.6 Å². The minimum atomic E-state index is -4.70. The van der Waals surface area contributed by atoms with Crippen molar-refractivity contribution in [1.82, 2.24) is 5.32 Å². The Labute approximate surface area is 495 Å². The van der Waals surface area contributed by atoms with Crippen LogP contribution in [-0.4, -0.2) is 69.4 Å². The lowest BCUT2D eigenvalue weighted by Crippen LogP contribution is -2.47. The van der Waals surface area contributed by atoms with E-state index in [0.29, 0.717) is 17.4 Å². The van der Waals surface area contributed by atoms with E-state index in [0.717, 1.165) is 103 Å². The van der Waals surface area contributed by atoms with E-state index >= 15 is 0 Å². The molecule has 0 aromatic rings. The maximum atomic E-state index is 13.5. The molecule has 0 saturated heterocycles. The van der Waals surface area contributed by atoms with Gasteiger partial charge in [0.1, 0.15) is 19.3 Å². The van der Waals surface area contributed by atoms with Gasteiger partial charge in [-0.1, -0.05) is 274 Å². The highest BCUT2D eigenvalue weighted by atomic mass is 31.2. The topological polar surface area (TPSA) is 114 Å². The number of rotatable bonds is 61. The summed E-state index contributed by atoms with van der Waals surface area (Å²) in [5.41, 5.74) is 0. The molecule has 0 fully saturated rings. The van der Waals surface area contributed by atoms with Crippen LogP contribution in [0.1, 0.15) is 310 Å². The van der Waals surface area contributed by atoms with Crippen molar-refractivity contribution in [3.63, 3.8) is 0 Å². The van der Waals surface area contributed by atoms with E-state index in [1.807, 2.05) is 33.3 Å². The van der Waals surface area contributed by atoms with Crippen molar-refractivity contribution in [2.24, 2.45) is 0 Å². The third kappa shape index (κ3) is 60.1.